The number of H-pyrrole nitrogens is 1. The first-order valence-electron chi connectivity index (χ1n) is 9.49. The van der Waals surface area contributed by atoms with E-state index in [4.69, 9.17) is 0 Å². The molecule has 2 saturated carbocycles. The summed E-state index contributed by atoms with van der Waals surface area (Å²) in [6.07, 6.45) is 7.96. The van der Waals surface area contributed by atoms with Crippen LogP contribution in [0, 0.1) is 22.7 Å². The fourth-order valence-electron chi connectivity index (χ4n) is 4.32. The van der Waals surface area contributed by atoms with Gasteiger partial charge in [0.15, 0.2) is 0 Å². The van der Waals surface area contributed by atoms with Gasteiger partial charge in [-0.15, -0.1) is 0 Å². The quantitative estimate of drug-likeness (QED) is 0.887. The number of aromatic amines is 1. The van der Waals surface area contributed by atoms with Crippen molar-refractivity contribution in [3.63, 3.8) is 0 Å². The summed E-state index contributed by atoms with van der Waals surface area (Å²) in [5.41, 5.74) is 2.31. The Morgan fingerprint density at radius 3 is 2.65 bits per heavy atom. The number of anilines is 1. The van der Waals surface area contributed by atoms with E-state index in [1.807, 2.05) is 6.07 Å². The topological polar surface area (TPSA) is 93.0 Å². The Balaban J connectivity index is 1.63. The van der Waals surface area contributed by atoms with Gasteiger partial charge < -0.3 is 15.0 Å². The van der Waals surface area contributed by atoms with Crippen molar-refractivity contribution in [2.24, 2.45) is 11.3 Å². The van der Waals surface area contributed by atoms with E-state index in [9.17, 15) is 15.2 Å². The Morgan fingerprint density at radius 2 is 2.04 bits per heavy atom. The van der Waals surface area contributed by atoms with Crippen LogP contribution in [0.4, 0.5) is 5.69 Å². The van der Waals surface area contributed by atoms with E-state index in [-0.39, 0.29) is 17.0 Å². The number of piperidine rings is 1. The molecule has 5 rings (SSSR count). The van der Waals surface area contributed by atoms with Crippen LogP contribution in [0.15, 0.2) is 17.1 Å². The molecule has 134 valence electrons. The summed E-state index contributed by atoms with van der Waals surface area (Å²) in [4.78, 5) is 21.8. The van der Waals surface area contributed by atoms with Gasteiger partial charge in [-0.25, -0.2) is 0 Å². The second-order valence-corrected chi connectivity index (χ2v) is 8.21. The van der Waals surface area contributed by atoms with Crippen molar-refractivity contribution >= 4 is 16.6 Å². The number of hydrogen-bond donors (Lipinski definition) is 2. The Hall–Kier alpha value is -2.39. The molecular weight excluding hydrogens is 328 g/mol. The average Bonchev–Trinajstić information content (AvgIpc) is 3.57. The Labute approximate surface area is 151 Å². The molecule has 0 amide bonds. The van der Waals surface area contributed by atoms with Crippen LogP contribution in [0.25, 0.3) is 10.9 Å². The summed E-state index contributed by atoms with van der Waals surface area (Å²) in [5.74, 6) is 0.284. The van der Waals surface area contributed by atoms with Crippen LogP contribution >= 0.6 is 0 Å². The lowest BCUT2D eigenvalue weighted by atomic mass is 9.92. The molecule has 2 aromatic rings. The smallest absolute Gasteiger partial charge is 0.268 e. The minimum atomic E-state index is -0.569. The van der Waals surface area contributed by atoms with E-state index in [1.165, 1.54) is 12.8 Å². The first-order chi connectivity index (χ1) is 12.6. The molecule has 1 aliphatic heterocycles. The molecule has 1 atom stereocenters. The summed E-state index contributed by atoms with van der Waals surface area (Å²) in [6.45, 7) is 1.74. The van der Waals surface area contributed by atoms with Gasteiger partial charge in [0, 0.05) is 18.5 Å². The molecule has 6 nitrogen and oxygen atoms in total. The number of nitrogens with zero attached hydrogens (tertiary/aromatic N) is 3. The number of rotatable bonds is 3. The van der Waals surface area contributed by atoms with Crippen LogP contribution in [0.5, 0.6) is 0 Å². The number of nitrogens with one attached hydrogen (secondary N) is 1. The number of aliphatic hydroxyl groups is 1. The highest BCUT2D eigenvalue weighted by atomic mass is 16.3. The zero-order valence-electron chi connectivity index (χ0n) is 14.7. The van der Waals surface area contributed by atoms with Crippen molar-refractivity contribution in [3.8, 4) is 6.07 Å². The van der Waals surface area contributed by atoms with Gasteiger partial charge in [0.05, 0.1) is 29.2 Å². The van der Waals surface area contributed by atoms with Crippen LogP contribution < -0.4 is 10.5 Å². The molecule has 6 heteroatoms. The lowest BCUT2D eigenvalue weighted by molar-refractivity contribution is 0.149. The molecule has 3 aliphatic rings. The Morgan fingerprint density at radius 1 is 1.31 bits per heavy atom. The van der Waals surface area contributed by atoms with E-state index < -0.39 is 6.10 Å². The molecule has 1 spiro atoms. The SMILES string of the molecule is N#Cc1c(N2CCC3(CC2)CC3)c2cc(C(O)C3CC3)ncc2[nH]c1=O. The van der Waals surface area contributed by atoms with E-state index in [0.717, 1.165) is 44.2 Å². The molecule has 3 fully saturated rings. The van der Waals surface area contributed by atoms with Crippen molar-refractivity contribution in [2.75, 3.05) is 18.0 Å². The van der Waals surface area contributed by atoms with E-state index >= 15 is 0 Å². The highest BCUT2D eigenvalue weighted by Gasteiger charge is 2.45. The number of aromatic nitrogens is 2. The maximum Gasteiger partial charge on any atom is 0.268 e. The van der Waals surface area contributed by atoms with Gasteiger partial charge in [0.1, 0.15) is 11.6 Å². The molecule has 3 heterocycles. The molecule has 0 bridgehead atoms. The average molecular weight is 350 g/mol. The van der Waals surface area contributed by atoms with Crippen molar-refractivity contribution < 1.29 is 5.11 Å². The van der Waals surface area contributed by atoms with Crippen molar-refractivity contribution in [3.05, 3.63) is 33.9 Å². The Kier molecular flexibility index (Phi) is 3.38. The molecule has 1 saturated heterocycles. The molecule has 2 N–H and O–H groups in total. The summed E-state index contributed by atoms with van der Waals surface area (Å²) >= 11 is 0. The van der Waals surface area contributed by atoms with Crippen LogP contribution in [0.2, 0.25) is 0 Å². The lowest BCUT2D eigenvalue weighted by Crippen LogP contribution is -2.36. The minimum Gasteiger partial charge on any atom is -0.387 e. The van der Waals surface area contributed by atoms with E-state index in [2.05, 4.69) is 20.9 Å². The standard InChI is InChI=1S/C20H22N4O2/c21-10-14-17(24-7-5-20(3-4-20)6-8-24)13-9-15(18(25)12-1-2-12)22-11-16(13)23-19(14)26/h9,11-12,18,25H,1-8H2,(H,23,26). The normalized spacial score (nSPS) is 22.4. The van der Waals surface area contributed by atoms with Gasteiger partial charge in [-0.2, -0.15) is 5.26 Å². The maximum atomic E-state index is 12.4. The summed E-state index contributed by atoms with van der Waals surface area (Å²) in [5, 5.41) is 20.9. The largest absolute Gasteiger partial charge is 0.387 e. The van der Waals surface area contributed by atoms with Gasteiger partial charge in [0.25, 0.3) is 5.56 Å². The van der Waals surface area contributed by atoms with Gasteiger partial charge >= 0.3 is 0 Å². The fourth-order valence-corrected chi connectivity index (χ4v) is 4.32. The lowest BCUT2D eigenvalue weighted by Gasteiger charge is -2.34. The predicted octanol–water partition coefficient (Wildman–Crippen LogP) is 2.62. The summed E-state index contributed by atoms with van der Waals surface area (Å²) < 4.78 is 0. The van der Waals surface area contributed by atoms with Gasteiger partial charge in [-0.05, 0) is 55.9 Å². The van der Waals surface area contributed by atoms with Gasteiger partial charge in [-0.3, -0.25) is 9.78 Å². The zero-order valence-corrected chi connectivity index (χ0v) is 14.7. The second kappa shape index (κ2) is 5.55. The molecule has 1 unspecified atom stereocenters. The number of hydrogen-bond acceptors (Lipinski definition) is 5. The number of pyridine rings is 2. The van der Waals surface area contributed by atoms with Crippen molar-refractivity contribution in [1.82, 2.24) is 9.97 Å². The second-order valence-electron chi connectivity index (χ2n) is 8.21. The molecule has 0 radical (unpaired) electrons. The molecule has 2 aliphatic carbocycles. The van der Waals surface area contributed by atoms with Gasteiger partial charge in [0.2, 0.25) is 0 Å². The highest BCUT2D eigenvalue weighted by molar-refractivity contribution is 5.94. The van der Waals surface area contributed by atoms with Crippen LogP contribution in [-0.2, 0) is 0 Å². The third-order valence-electron chi connectivity index (χ3n) is 6.47. The summed E-state index contributed by atoms with van der Waals surface area (Å²) in [6, 6.07) is 3.97. The predicted molar refractivity (Wildman–Crippen MR) is 97.9 cm³/mol. The first-order valence-corrected chi connectivity index (χ1v) is 9.49. The van der Waals surface area contributed by atoms with Crippen LogP contribution in [-0.4, -0.2) is 28.2 Å². The zero-order chi connectivity index (χ0) is 17.9. The van der Waals surface area contributed by atoms with Crippen LogP contribution in [0.1, 0.15) is 55.9 Å². The molecule has 0 aromatic carbocycles. The molecule has 2 aromatic heterocycles. The van der Waals surface area contributed by atoms with Crippen molar-refractivity contribution in [2.45, 2.75) is 44.6 Å². The molecular formula is C20H22N4O2. The maximum absolute atomic E-state index is 12.4. The summed E-state index contributed by atoms with van der Waals surface area (Å²) in [7, 11) is 0. The third kappa shape index (κ3) is 2.50. The number of fused-ring (bicyclic) bond motifs is 1. The monoisotopic (exact) mass is 350 g/mol. The van der Waals surface area contributed by atoms with E-state index in [1.54, 1.807) is 6.20 Å². The van der Waals surface area contributed by atoms with Crippen molar-refractivity contribution in [1.29, 1.82) is 5.26 Å². The molecule has 26 heavy (non-hydrogen) atoms. The highest BCUT2D eigenvalue weighted by Crippen LogP contribution is 2.54. The first kappa shape index (κ1) is 15.8. The van der Waals surface area contributed by atoms with Gasteiger partial charge in [-0.1, -0.05) is 0 Å². The van der Waals surface area contributed by atoms with Crippen LogP contribution in [0.3, 0.4) is 0 Å². The number of aliphatic hydroxyl groups excluding tert-OH is 1. The van der Waals surface area contributed by atoms with E-state index in [0.29, 0.717) is 22.3 Å². The fraction of sp³-hybridized carbons (Fsp3) is 0.550. The number of nitriles is 1. The Bertz CT molecular complexity index is 972. The third-order valence-corrected chi connectivity index (χ3v) is 6.47. The minimum absolute atomic E-state index is 0.169.